The lowest BCUT2D eigenvalue weighted by atomic mass is 9.98. The van der Waals surface area contributed by atoms with Crippen molar-refractivity contribution in [3.63, 3.8) is 0 Å². The maximum absolute atomic E-state index is 13.0. The standard InChI is InChI=1S/C55H100O12/c1-4-7-10-13-16-19-21-23-24-26-28-31-34-37-40-43-49(58)66-53-51(60)50(59)52(54(61)62)67-55(53)64-45-46(65-48(57)42-39-36-33-29-18-15-12-9-6-3)44-63-47(56)41-38-35-32-30-27-25-22-20-17-14-11-8-5-2/h20,22,46,50-53,55,59-60H,4-19,21,23-45H2,1-3H3,(H,61,62)/b22-20-. The van der Waals surface area contributed by atoms with Crippen molar-refractivity contribution >= 4 is 23.9 Å². The zero-order chi connectivity index (χ0) is 49.0. The third-order valence-corrected chi connectivity index (χ3v) is 12.8. The van der Waals surface area contributed by atoms with E-state index >= 15 is 0 Å². The van der Waals surface area contributed by atoms with Crippen LogP contribution >= 0.6 is 0 Å². The van der Waals surface area contributed by atoms with Crippen LogP contribution in [0.25, 0.3) is 0 Å². The van der Waals surface area contributed by atoms with Crippen LogP contribution in [0.2, 0.25) is 0 Å². The lowest BCUT2D eigenvalue weighted by Crippen LogP contribution is -2.61. The maximum Gasteiger partial charge on any atom is 0.335 e. The van der Waals surface area contributed by atoms with Crippen molar-refractivity contribution < 1.29 is 58.2 Å². The number of carbonyl (C=O) groups excluding carboxylic acids is 3. The molecule has 0 aromatic rings. The maximum atomic E-state index is 13.0. The number of aliphatic hydroxyl groups excluding tert-OH is 2. The van der Waals surface area contributed by atoms with Gasteiger partial charge in [-0.15, -0.1) is 0 Å². The van der Waals surface area contributed by atoms with E-state index in [9.17, 15) is 34.5 Å². The number of carbonyl (C=O) groups is 4. The number of allylic oxidation sites excluding steroid dienone is 2. The van der Waals surface area contributed by atoms with Gasteiger partial charge in [0.1, 0.15) is 18.8 Å². The van der Waals surface area contributed by atoms with E-state index in [4.69, 9.17) is 23.7 Å². The topological polar surface area (TPSA) is 175 Å². The number of esters is 3. The van der Waals surface area contributed by atoms with Gasteiger partial charge in [-0.05, 0) is 44.9 Å². The minimum atomic E-state index is -1.89. The SMILES string of the molecule is CCCCCC/C=C\CCCCCCCC(=O)OCC(COC1OC(C(=O)O)C(O)C(O)C1OC(=O)CCCCCCCCCCCCCCCCC)OC(=O)CCCCCCCCCCC. The summed E-state index contributed by atoms with van der Waals surface area (Å²) in [5, 5.41) is 31.3. The Hall–Kier alpha value is -2.54. The normalized spacial score (nSPS) is 18.9. The van der Waals surface area contributed by atoms with E-state index < -0.39 is 67.3 Å². The van der Waals surface area contributed by atoms with Crippen LogP contribution in [0.5, 0.6) is 0 Å². The average Bonchev–Trinajstić information content (AvgIpc) is 3.31. The number of unbranched alkanes of at least 4 members (excludes halogenated alkanes) is 31. The lowest BCUT2D eigenvalue weighted by molar-refractivity contribution is -0.301. The Morgan fingerprint density at radius 1 is 0.478 bits per heavy atom. The van der Waals surface area contributed by atoms with Gasteiger partial charge in [0, 0.05) is 19.3 Å². The monoisotopic (exact) mass is 953 g/mol. The Labute approximate surface area is 407 Å². The van der Waals surface area contributed by atoms with Crippen molar-refractivity contribution in [3.05, 3.63) is 12.2 Å². The summed E-state index contributed by atoms with van der Waals surface area (Å²) in [6, 6.07) is 0. The molecule has 12 nitrogen and oxygen atoms in total. The molecule has 12 heteroatoms. The molecular weight excluding hydrogens is 853 g/mol. The third kappa shape index (κ3) is 35.3. The largest absolute Gasteiger partial charge is 0.479 e. The molecule has 1 heterocycles. The second-order valence-electron chi connectivity index (χ2n) is 19.2. The van der Waals surface area contributed by atoms with Crippen LogP contribution in [0, 0.1) is 0 Å². The van der Waals surface area contributed by atoms with Gasteiger partial charge in [0.2, 0.25) is 0 Å². The Balaban J connectivity index is 2.68. The molecule has 1 aliphatic rings. The Morgan fingerprint density at radius 2 is 0.851 bits per heavy atom. The van der Waals surface area contributed by atoms with Gasteiger partial charge in [-0.3, -0.25) is 14.4 Å². The predicted octanol–water partition coefficient (Wildman–Crippen LogP) is 13.3. The lowest BCUT2D eigenvalue weighted by Gasteiger charge is -2.40. The van der Waals surface area contributed by atoms with Crippen LogP contribution in [0.15, 0.2) is 12.2 Å². The van der Waals surface area contributed by atoms with Gasteiger partial charge in [-0.1, -0.05) is 213 Å². The number of rotatable bonds is 47. The summed E-state index contributed by atoms with van der Waals surface area (Å²) in [4.78, 5) is 50.8. The van der Waals surface area contributed by atoms with Crippen LogP contribution in [0.3, 0.4) is 0 Å². The number of aliphatic hydroxyl groups is 2. The van der Waals surface area contributed by atoms with Crippen LogP contribution in [-0.2, 0) is 42.9 Å². The molecule has 0 amide bonds. The van der Waals surface area contributed by atoms with Gasteiger partial charge < -0.3 is 39.0 Å². The van der Waals surface area contributed by atoms with Crippen LogP contribution in [0.1, 0.15) is 265 Å². The molecule has 0 aromatic carbocycles. The van der Waals surface area contributed by atoms with Crippen LogP contribution < -0.4 is 0 Å². The fraction of sp³-hybridized carbons (Fsp3) is 0.891. The minimum Gasteiger partial charge on any atom is -0.479 e. The van der Waals surface area contributed by atoms with Gasteiger partial charge >= 0.3 is 23.9 Å². The van der Waals surface area contributed by atoms with E-state index in [1.807, 2.05) is 0 Å². The molecule has 67 heavy (non-hydrogen) atoms. The highest BCUT2D eigenvalue weighted by Crippen LogP contribution is 2.26. The third-order valence-electron chi connectivity index (χ3n) is 12.8. The molecule has 0 saturated carbocycles. The summed E-state index contributed by atoms with van der Waals surface area (Å²) in [6.45, 7) is 5.95. The molecule has 0 aromatic heterocycles. The molecule has 392 valence electrons. The average molecular weight is 953 g/mol. The Kier molecular flexibility index (Phi) is 41.6. The predicted molar refractivity (Wildman–Crippen MR) is 267 cm³/mol. The quantitative estimate of drug-likeness (QED) is 0.0228. The van der Waals surface area contributed by atoms with Gasteiger partial charge in [0.05, 0.1) is 6.61 Å². The number of carboxylic acids is 1. The number of hydrogen-bond acceptors (Lipinski definition) is 11. The molecule has 0 spiro atoms. The van der Waals surface area contributed by atoms with Crippen molar-refractivity contribution in [1.82, 2.24) is 0 Å². The molecule has 1 aliphatic heterocycles. The molecule has 0 aliphatic carbocycles. The summed E-state index contributed by atoms with van der Waals surface area (Å²) < 4.78 is 28.3. The van der Waals surface area contributed by atoms with Crippen molar-refractivity contribution in [3.8, 4) is 0 Å². The van der Waals surface area contributed by atoms with Gasteiger partial charge in [0.15, 0.2) is 24.6 Å². The fourth-order valence-electron chi connectivity index (χ4n) is 8.54. The van der Waals surface area contributed by atoms with Crippen molar-refractivity contribution in [2.75, 3.05) is 13.2 Å². The van der Waals surface area contributed by atoms with E-state index in [-0.39, 0.29) is 25.9 Å². The molecule has 6 atom stereocenters. The van der Waals surface area contributed by atoms with E-state index in [0.717, 1.165) is 77.0 Å². The molecular formula is C55H100O12. The summed E-state index contributed by atoms with van der Waals surface area (Å²) in [6.07, 6.45) is 34.9. The van der Waals surface area contributed by atoms with Crippen LogP contribution in [-0.4, -0.2) is 89.2 Å². The van der Waals surface area contributed by atoms with Gasteiger partial charge in [-0.25, -0.2) is 4.79 Å². The van der Waals surface area contributed by atoms with E-state index in [1.54, 1.807) is 0 Å². The van der Waals surface area contributed by atoms with Crippen molar-refractivity contribution in [2.24, 2.45) is 0 Å². The molecule has 1 rings (SSSR count). The van der Waals surface area contributed by atoms with Crippen molar-refractivity contribution in [1.29, 1.82) is 0 Å². The first-order chi connectivity index (χ1) is 32.6. The first-order valence-electron chi connectivity index (χ1n) is 27.7. The molecule has 1 saturated heterocycles. The van der Waals surface area contributed by atoms with Crippen molar-refractivity contribution in [2.45, 2.75) is 302 Å². The number of hydrogen-bond donors (Lipinski definition) is 3. The molecule has 1 fully saturated rings. The number of carboxylic acid groups (broad SMARTS) is 1. The highest BCUT2D eigenvalue weighted by molar-refractivity contribution is 5.74. The second kappa shape index (κ2) is 44.7. The molecule has 6 unspecified atom stereocenters. The zero-order valence-corrected chi connectivity index (χ0v) is 42.9. The summed E-state index contributed by atoms with van der Waals surface area (Å²) in [7, 11) is 0. The Morgan fingerprint density at radius 3 is 1.28 bits per heavy atom. The molecule has 0 radical (unpaired) electrons. The second-order valence-corrected chi connectivity index (χ2v) is 19.2. The zero-order valence-electron chi connectivity index (χ0n) is 42.9. The first kappa shape index (κ1) is 62.5. The number of aliphatic carboxylic acids is 1. The fourth-order valence-corrected chi connectivity index (χ4v) is 8.54. The highest BCUT2D eigenvalue weighted by Gasteiger charge is 2.50. The van der Waals surface area contributed by atoms with E-state index in [2.05, 4.69) is 32.9 Å². The molecule has 3 N–H and O–H groups in total. The van der Waals surface area contributed by atoms with Gasteiger partial charge in [0.25, 0.3) is 0 Å². The van der Waals surface area contributed by atoms with E-state index in [0.29, 0.717) is 19.3 Å². The number of ether oxygens (including phenoxy) is 5. The molecule has 0 bridgehead atoms. The highest BCUT2D eigenvalue weighted by atomic mass is 16.7. The summed E-state index contributed by atoms with van der Waals surface area (Å²) in [5.74, 6) is -3.10. The smallest absolute Gasteiger partial charge is 0.335 e. The minimum absolute atomic E-state index is 0.0678. The summed E-state index contributed by atoms with van der Waals surface area (Å²) >= 11 is 0. The first-order valence-corrected chi connectivity index (χ1v) is 27.7. The van der Waals surface area contributed by atoms with Gasteiger partial charge in [-0.2, -0.15) is 0 Å². The van der Waals surface area contributed by atoms with E-state index in [1.165, 1.54) is 128 Å². The van der Waals surface area contributed by atoms with Crippen LogP contribution in [0.4, 0.5) is 0 Å². The summed E-state index contributed by atoms with van der Waals surface area (Å²) in [5.41, 5.74) is 0. The Bertz CT molecular complexity index is 1230.